The molecule has 2 N–H and O–H groups in total. The van der Waals surface area contributed by atoms with Gasteiger partial charge in [0.05, 0.1) is 0 Å². The highest BCUT2D eigenvalue weighted by atomic mass is 127. The second-order valence-electron chi connectivity index (χ2n) is 5.98. The zero-order chi connectivity index (χ0) is 16.7. The van der Waals surface area contributed by atoms with Gasteiger partial charge in [0, 0.05) is 26.7 Å². The molecule has 0 spiro atoms. The molecule has 0 fully saturated rings. The molecule has 1 aliphatic carbocycles. The quantitative estimate of drug-likeness (QED) is 0.318. The van der Waals surface area contributed by atoms with Crippen molar-refractivity contribution in [1.29, 1.82) is 0 Å². The minimum absolute atomic E-state index is 0. The second-order valence-corrected chi connectivity index (χ2v) is 5.98. The first-order chi connectivity index (χ1) is 11.1. The number of nitrogens with zero attached hydrogens (tertiary/aromatic N) is 2. The Kier molecular flexibility index (Phi) is 8.81. The summed E-state index contributed by atoms with van der Waals surface area (Å²) in [7, 11) is 3.47. The SMILES string of the molecule is C=CCNC(=NCC(=O)N(C)C)NC1CCc2ccccc2C1.I. The van der Waals surface area contributed by atoms with Crippen LogP contribution in [0.3, 0.4) is 0 Å². The summed E-state index contributed by atoms with van der Waals surface area (Å²) in [6.07, 6.45) is 4.89. The third-order valence-electron chi connectivity index (χ3n) is 3.97. The van der Waals surface area contributed by atoms with Gasteiger partial charge in [-0.05, 0) is 30.4 Å². The van der Waals surface area contributed by atoms with Crippen LogP contribution >= 0.6 is 24.0 Å². The standard InChI is InChI=1S/C18H26N4O.HI/c1-4-11-19-18(20-13-17(23)22(2)3)21-16-10-9-14-7-5-6-8-15(14)12-16;/h4-8,16H,1,9-13H2,2-3H3,(H2,19,20,21);1H. The van der Waals surface area contributed by atoms with E-state index < -0.39 is 0 Å². The highest BCUT2D eigenvalue weighted by Crippen LogP contribution is 2.20. The number of carbonyl (C=O) groups is 1. The number of nitrogens with one attached hydrogen (secondary N) is 2. The van der Waals surface area contributed by atoms with Crippen LogP contribution in [0, 0.1) is 0 Å². The summed E-state index contributed by atoms with van der Waals surface area (Å²) < 4.78 is 0. The molecule has 0 saturated heterocycles. The van der Waals surface area contributed by atoms with Gasteiger partial charge in [-0.25, -0.2) is 4.99 Å². The molecule has 0 aromatic heterocycles. The van der Waals surface area contributed by atoms with E-state index in [0.717, 1.165) is 19.3 Å². The minimum Gasteiger partial charge on any atom is -0.353 e. The van der Waals surface area contributed by atoms with Crippen molar-refractivity contribution in [1.82, 2.24) is 15.5 Å². The van der Waals surface area contributed by atoms with Crippen molar-refractivity contribution in [2.45, 2.75) is 25.3 Å². The average molecular weight is 442 g/mol. The molecule has 1 aromatic carbocycles. The van der Waals surface area contributed by atoms with E-state index in [1.807, 2.05) is 0 Å². The van der Waals surface area contributed by atoms with Crippen LogP contribution in [0.2, 0.25) is 0 Å². The second kappa shape index (κ2) is 10.3. The largest absolute Gasteiger partial charge is 0.353 e. The maximum atomic E-state index is 11.7. The monoisotopic (exact) mass is 442 g/mol. The lowest BCUT2D eigenvalue weighted by Crippen LogP contribution is -2.46. The van der Waals surface area contributed by atoms with Gasteiger partial charge >= 0.3 is 0 Å². The van der Waals surface area contributed by atoms with E-state index in [2.05, 4.69) is 46.5 Å². The van der Waals surface area contributed by atoms with Crippen LogP contribution in [0.4, 0.5) is 0 Å². The molecule has 5 nitrogen and oxygen atoms in total. The maximum absolute atomic E-state index is 11.7. The number of halogens is 1. The molecule has 1 atom stereocenters. The first kappa shape index (κ1) is 20.5. The number of carbonyl (C=O) groups excluding carboxylic acids is 1. The van der Waals surface area contributed by atoms with Crippen LogP contribution in [0.1, 0.15) is 17.5 Å². The van der Waals surface area contributed by atoms with Gasteiger partial charge in [0.15, 0.2) is 5.96 Å². The van der Waals surface area contributed by atoms with Crippen LogP contribution in [0.15, 0.2) is 41.9 Å². The van der Waals surface area contributed by atoms with Crippen molar-refractivity contribution in [2.75, 3.05) is 27.2 Å². The van der Waals surface area contributed by atoms with Crippen molar-refractivity contribution in [3.05, 3.63) is 48.0 Å². The van der Waals surface area contributed by atoms with Crippen LogP contribution in [-0.4, -0.2) is 50.0 Å². The number of guanidine groups is 1. The Balaban J connectivity index is 0.00000288. The fourth-order valence-corrected chi connectivity index (χ4v) is 2.62. The van der Waals surface area contributed by atoms with E-state index in [0.29, 0.717) is 18.5 Å². The first-order valence-electron chi connectivity index (χ1n) is 8.03. The van der Waals surface area contributed by atoms with E-state index >= 15 is 0 Å². The third kappa shape index (κ3) is 6.14. The molecule has 0 radical (unpaired) electrons. The molecule has 0 aliphatic heterocycles. The Morgan fingerprint density at radius 2 is 2.08 bits per heavy atom. The molecule has 132 valence electrons. The number of amides is 1. The van der Waals surface area contributed by atoms with Gasteiger partial charge in [-0.3, -0.25) is 4.79 Å². The number of fused-ring (bicyclic) bond motifs is 1. The highest BCUT2D eigenvalue weighted by Gasteiger charge is 2.19. The smallest absolute Gasteiger partial charge is 0.243 e. The third-order valence-corrected chi connectivity index (χ3v) is 3.97. The number of aryl methyl sites for hydroxylation is 1. The molecule has 1 unspecified atom stereocenters. The van der Waals surface area contributed by atoms with Crippen molar-refractivity contribution in [3.63, 3.8) is 0 Å². The first-order valence-corrected chi connectivity index (χ1v) is 8.03. The lowest BCUT2D eigenvalue weighted by atomic mass is 9.88. The van der Waals surface area contributed by atoms with Gasteiger partial charge < -0.3 is 15.5 Å². The number of rotatable bonds is 5. The van der Waals surface area contributed by atoms with E-state index in [9.17, 15) is 4.79 Å². The summed E-state index contributed by atoms with van der Waals surface area (Å²) in [5, 5.41) is 6.63. The summed E-state index contributed by atoms with van der Waals surface area (Å²) >= 11 is 0. The normalized spacial score (nSPS) is 16.4. The molecule has 0 saturated carbocycles. The van der Waals surface area contributed by atoms with Crippen LogP contribution in [-0.2, 0) is 17.6 Å². The van der Waals surface area contributed by atoms with Crippen molar-refractivity contribution < 1.29 is 4.79 Å². The summed E-state index contributed by atoms with van der Waals surface area (Å²) in [6.45, 7) is 4.47. The summed E-state index contributed by atoms with van der Waals surface area (Å²) in [5.41, 5.74) is 2.83. The molecule has 6 heteroatoms. The van der Waals surface area contributed by atoms with E-state index in [1.54, 1.807) is 25.1 Å². The van der Waals surface area contributed by atoms with Gasteiger partial charge in [0.1, 0.15) is 6.54 Å². The predicted octanol–water partition coefficient (Wildman–Crippen LogP) is 1.97. The van der Waals surface area contributed by atoms with Gasteiger partial charge in [-0.2, -0.15) is 0 Å². The molecule has 2 rings (SSSR count). The zero-order valence-corrected chi connectivity index (χ0v) is 16.7. The van der Waals surface area contributed by atoms with Gasteiger partial charge in [0.25, 0.3) is 0 Å². The fourth-order valence-electron chi connectivity index (χ4n) is 2.62. The summed E-state index contributed by atoms with van der Waals surface area (Å²) in [4.78, 5) is 17.7. The molecule has 1 aromatic rings. The number of hydrogen-bond acceptors (Lipinski definition) is 2. The predicted molar refractivity (Wildman–Crippen MR) is 110 cm³/mol. The van der Waals surface area contributed by atoms with Crippen LogP contribution in [0.25, 0.3) is 0 Å². The molecular weight excluding hydrogens is 415 g/mol. The number of likely N-dealkylation sites (N-methyl/N-ethyl adjacent to an activating group) is 1. The Hall–Kier alpha value is -1.57. The molecule has 1 aliphatic rings. The highest BCUT2D eigenvalue weighted by molar-refractivity contribution is 14.0. The van der Waals surface area contributed by atoms with Crippen molar-refractivity contribution in [3.8, 4) is 0 Å². The fraction of sp³-hybridized carbons (Fsp3) is 0.444. The number of hydrogen-bond donors (Lipinski definition) is 2. The Bertz CT molecular complexity index is 586. The molecule has 24 heavy (non-hydrogen) atoms. The van der Waals surface area contributed by atoms with E-state index in [1.165, 1.54) is 11.1 Å². The van der Waals surface area contributed by atoms with Crippen LogP contribution in [0.5, 0.6) is 0 Å². The van der Waals surface area contributed by atoms with Gasteiger partial charge in [0.2, 0.25) is 5.91 Å². The van der Waals surface area contributed by atoms with Gasteiger partial charge in [-0.15, -0.1) is 30.6 Å². The lowest BCUT2D eigenvalue weighted by molar-refractivity contribution is -0.127. The van der Waals surface area contributed by atoms with E-state index in [-0.39, 0.29) is 36.4 Å². The molecular formula is C18H27IN4O. The average Bonchev–Trinajstić information content (AvgIpc) is 2.56. The van der Waals surface area contributed by atoms with E-state index in [4.69, 9.17) is 0 Å². The Morgan fingerprint density at radius 3 is 2.75 bits per heavy atom. The summed E-state index contributed by atoms with van der Waals surface area (Å²) in [5.74, 6) is 0.656. The molecule has 1 amide bonds. The van der Waals surface area contributed by atoms with Crippen molar-refractivity contribution >= 4 is 35.8 Å². The van der Waals surface area contributed by atoms with Gasteiger partial charge in [-0.1, -0.05) is 30.3 Å². The van der Waals surface area contributed by atoms with Crippen molar-refractivity contribution in [2.24, 2.45) is 4.99 Å². The summed E-state index contributed by atoms with van der Waals surface area (Å²) in [6, 6.07) is 8.90. The minimum atomic E-state index is -0.0151. The zero-order valence-electron chi connectivity index (χ0n) is 14.4. The maximum Gasteiger partial charge on any atom is 0.243 e. The van der Waals surface area contributed by atoms with Crippen LogP contribution < -0.4 is 10.6 Å². The molecule has 0 bridgehead atoms. The Labute approximate surface area is 161 Å². The lowest BCUT2D eigenvalue weighted by Gasteiger charge is -2.27. The molecule has 0 heterocycles. The number of aliphatic imine (C=N–C) groups is 1. The topological polar surface area (TPSA) is 56.7 Å². The Morgan fingerprint density at radius 1 is 1.38 bits per heavy atom. The number of benzene rings is 1.